The van der Waals surface area contributed by atoms with Crippen molar-refractivity contribution in [3.8, 4) is 24.7 Å². The van der Waals surface area contributed by atoms with Crippen molar-refractivity contribution >= 4 is 46.0 Å². The van der Waals surface area contributed by atoms with Crippen LogP contribution in [0.2, 0.25) is 0 Å². The Balaban J connectivity index is 0.000000176. The summed E-state index contributed by atoms with van der Waals surface area (Å²) < 4.78 is 0. The number of nitrogens with zero attached hydrogens (tertiary/aromatic N) is 4. The van der Waals surface area contributed by atoms with Gasteiger partial charge in [-0.25, -0.2) is 9.98 Å². The maximum atomic E-state index is 11.9. The number of fused-ring (bicyclic) bond motifs is 2. The molecule has 0 aromatic heterocycles. The van der Waals surface area contributed by atoms with E-state index in [9.17, 15) is 9.59 Å². The van der Waals surface area contributed by atoms with Gasteiger partial charge in [0.05, 0.1) is 22.8 Å². The van der Waals surface area contributed by atoms with Crippen LogP contribution in [0.3, 0.4) is 0 Å². The normalized spacial score (nSPS) is 14.5. The van der Waals surface area contributed by atoms with E-state index in [4.69, 9.17) is 12.8 Å². The third-order valence-electron chi connectivity index (χ3n) is 5.67. The predicted octanol–water partition coefficient (Wildman–Crippen LogP) is 6.67. The zero-order valence-electron chi connectivity index (χ0n) is 20.4. The standard InChI is InChI=1S/2C16H10N2O.W/c2*1-2-11-6-5-7-12(10-11)17-15-13-8-3-4-9-14(13)18-16(15)19;/h2*1,3-10H,(H,17,18,19);/q;;+2/p-2. The predicted molar refractivity (Wildman–Crippen MR) is 150 cm³/mol. The number of hydrogen-bond donors (Lipinski definition) is 0. The zero-order valence-corrected chi connectivity index (χ0v) is 23.3. The molecule has 0 saturated carbocycles. The minimum Gasteiger partial charge on any atom is -0.621 e. The Hall–Kier alpha value is -5.03. The second kappa shape index (κ2) is 12.0. The van der Waals surface area contributed by atoms with E-state index >= 15 is 0 Å². The quantitative estimate of drug-likeness (QED) is 0.223. The summed E-state index contributed by atoms with van der Waals surface area (Å²) in [5, 5.41) is 7.92. The summed E-state index contributed by atoms with van der Waals surface area (Å²) in [6, 6.07) is 29.1. The van der Waals surface area contributed by atoms with Crippen LogP contribution in [0.15, 0.2) is 107 Å². The van der Waals surface area contributed by atoms with E-state index < -0.39 is 0 Å². The van der Waals surface area contributed by atoms with E-state index in [2.05, 4.69) is 32.5 Å². The van der Waals surface area contributed by atoms with Gasteiger partial charge in [0.15, 0.2) is 0 Å². The molecule has 2 amide bonds. The summed E-state index contributed by atoms with van der Waals surface area (Å²) in [6.45, 7) is 0. The van der Waals surface area contributed by atoms with E-state index in [0.29, 0.717) is 34.2 Å². The van der Waals surface area contributed by atoms with Crippen LogP contribution in [0.5, 0.6) is 0 Å². The molecule has 4 aromatic carbocycles. The molecular formula is C32H18N4O2W. The van der Waals surface area contributed by atoms with Crippen LogP contribution >= 0.6 is 0 Å². The molecule has 0 radical (unpaired) electrons. The average Bonchev–Trinajstić information content (AvgIpc) is 3.44. The third-order valence-corrected chi connectivity index (χ3v) is 5.67. The molecule has 39 heavy (non-hydrogen) atoms. The van der Waals surface area contributed by atoms with Crippen molar-refractivity contribution in [2.75, 3.05) is 0 Å². The average molecular weight is 674 g/mol. The Bertz CT molecular complexity index is 1610. The number of para-hydroxylation sites is 2. The molecule has 7 heteroatoms. The summed E-state index contributed by atoms with van der Waals surface area (Å²) in [5.41, 5.74) is 6.37. The minimum atomic E-state index is -0.313. The Morgan fingerprint density at radius 2 is 0.974 bits per heavy atom. The number of benzene rings is 4. The fourth-order valence-corrected chi connectivity index (χ4v) is 3.90. The first kappa shape index (κ1) is 27.0. The molecule has 4 aromatic rings. The molecule has 0 N–H and O–H groups in total. The molecule has 184 valence electrons. The van der Waals surface area contributed by atoms with Crippen molar-refractivity contribution in [3.63, 3.8) is 0 Å². The Kier molecular flexibility index (Phi) is 8.32. The van der Waals surface area contributed by atoms with Gasteiger partial charge in [-0.05, 0) is 47.5 Å². The maximum absolute atomic E-state index is 11.9. The number of carbonyl (C=O) groups is 2. The molecule has 6 rings (SSSR count). The van der Waals surface area contributed by atoms with Gasteiger partial charge in [0, 0.05) is 11.1 Å². The second-order valence-corrected chi connectivity index (χ2v) is 8.18. The molecule has 0 atom stereocenters. The Morgan fingerprint density at radius 1 is 0.564 bits per heavy atom. The van der Waals surface area contributed by atoms with Crippen LogP contribution in [-0.2, 0) is 30.7 Å². The molecule has 2 aliphatic rings. The minimum absolute atomic E-state index is 0. The van der Waals surface area contributed by atoms with Crippen molar-refractivity contribution in [2.24, 2.45) is 9.98 Å². The van der Waals surface area contributed by atoms with E-state index in [0.717, 1.165) is 22.3 Å². The SMILES string of the molecule is C#Cc1cccc(N=C2C(=O)[N-]c3ccccc32)c1.C#Cc1cccc(N=C2C(=O)[N-]c3ccccc32)c1.[W+2]. The van der Waals surface area contributed by atoms with Crippen LogP contribution in [0.1, 0.15) is 22.3 Å². The van der Waals surface area contributed by atoms with Crippen LogP contribution < -0.4 is 0 Å². The van der Waals surface area contributed by atoms with Gasteiger partial charge in [0.2, 0.25) is 0 Å². The smallest absolute Gasteiger partial charge is 0.621 e. The monoisotopic (exact) mass is 674 g/mol. The summed E-state index contributed by atoms with van der Waals surface area (Å²) in [6.07, 6.45) is 10.7. The molecular weight excluding hydrogens is 656 g/mol. The van der Waals surface area contributed by atoms with E-state index in [-0.39, 0.29) is 32.9 Å². The fraction of sp³-hybridized carbons (Fsp3) is 0. The molecule has 0 aliphatic carbocycles. The molecule has 0 unspecified atom stereocenters. The largest absolute Gasteiger partial charge is 2.00 e. The van der Waals surface area contributed by atoms with Gasteiger partial charge in [-0.2, -0.15) is 0 Å². The van der Waals surface area contributed by atoms with Gasteiger partial charge in [-0.3, -0.25) is 0 Å². The summed E-state index contributed by atoms with van der Waals surface area (Å²) >= 11 is 0. The van der Waals surface area contributed by atoms with Crippen molar-refractivity contribution in [2.45, 2.75) is 0 Å². The van der Waals surface area contributed by atoms with E-state index in [1.54, 1.807) is 24.3 Å². The summed E-state index contributed by atoms with van der Waals surface area (Å²) in [7, 11) is 0. The molecule has 0 saturated heterocycles. The number of carbonyl (C=O) groups excluding carboxylic acids is 2. The number of amides is 2. The molecule has 0 bridgehead atoms. The number of rotatable bonds is 2. The first-order valence-corrected chi connectivity index (χ1v) is 11.6. The van der Waals surface area contributed by atoms with E-state index in [1.165, 1.54) is 0 Å². The molecule has 6 nitrogen and oxygen atoms in total. The van der Waals surface area contributed by atoms with Crippen molar-refractivity contribution in [1.29, 1.82) is 0 Å². The van der Waals surface area contributed by atoms with Crippen molar-refractivity contribution < 1.29 is 30.7 Å². The van der Waals surface area contributed by atoms with Gasteiger partial charge in [-0.15, -0.1) is 24.2 Å². The van der Waals surface area contributed by atoms with Gasteiger partial charge in [0.1, 0.15) is 11.8 Å². The van der Waals surface area contributed by atoms with Crippen LogP contribution in [0.25, 0.3) is 10.6 Å². The first-order valence-electron chi connectivity index (χ1n) is 11.6. The number of aliphatic imine (C=N–C) groups is 2. The van der Waals surface area contributed by atoms with Gasteiger partial charge in [0.25, 0.3) is 0 Å². The molecule has 2 aliphatic heterocycles. The Morgan fingerprint density at radius 3 is 1.38 bits per heavy atom. The van der Waals surface area contributed by atoms with E-state index in [1.807, 2.05) is 72.8 Å². The molecule has 0 spiro atoms. The first-order chi connectivity index (χ1) is 18.6. The fourth-order valence-electron chi connectivity index (χ4n) is 3.90. The molecule has 0 fully saturated rings. The van der Waals surface area contributed by atoms with Crippen molar-refractivity contribution in [3.05, 3.63) is 130 Å². The summed E-state index contributed by atoms with van der Waals surface area (Å²) in [4.78, 5) is 32.4. The number of hydrogen-bond acceptors (Lipinski definition) is 4. The third kappa shape index (κ3) is 5.94. The van der Waals surface area contributed by atoms with Crippen molar-refractivity contribution in [1.82, 2.24) is 0 Å². The van der Waals surface area contributed by atoms with Gasteiger partial charge in [-0.1, -0.05) is 72.5 Å². The zero-order chi connectivity index (χ0) is 26.5. The van der Waals surface area contributed by atoms with Gasteiger partial charge >= 0.3 is 21.1 Å². The summed E-state index contributed by atoms with van der Waals surface area (Å²) in [5.74, 6) is 4.46. The van der Waals surface area contributed by atoms with Crippen LogP contribution in [0, 0.1) is 24.7 Å². The van der Waals surface area contributed by atoms with Gasteiger partial charge < -0.3 is 20.2 Å². The molecule has 2 heterocycles. The second-order valence-electron chi connectivity index (χ2n) is 8.18. The Labute approximate surface area is 240 Å². The topological polar surface area (TPSA) is 87.1 Å². The van der Waals surface area contributed by atoms with Crippen LogP contribution in [0.4, 0.5) is 22.7 Å². The maximum Gasteiger partial charge on any atom is 2.00 e. The van der Waals surface area contributed by atoms with Crippen LogP contribution in [-0.4, -0.2) is 23.2 Å². The number of terminal acetylenes is 2.